The van der Waals surface area contributed by atoms with Crippen molar-refractivity contribution in [2.24, 2.45) is 0 Å². The number of nitrogens with zero attached hydrogens (tertiary/aromatic N) is 5. The quantitative estimate of drug-likeness (QED) is 0.386. The number of carbonyl (C=O) groups excluding carboxylic acids is 1. The third-order valence-electron chi connectivity index (χ3n) is 4.22. The van der Waals surface area contributed by atoms with Gasteiger partial charge in [0.2, 0.25) is 0 Å². The van der Waals surface area contributed by atoms with Gasteiger partial charge in [0.15, 0.2) is 0 Å². The molecule has 31 heavy (non-hydrogen) atoms. The maximum Gasteiger partial charge on any atom is 2.00 e. The smallest absolute Gasteiger partial charge is 0.496 e. The molecule has 0 amide bonds. The summed E-state index contributed by atoms with van der Waals surface area (Å²) in [5.41, 5.74) is 3.38. The summed E-state index contributed by atoms with van der Waals surface area (Å²) in [6.45, 7) is 0. The van der Waals surface area contributed by atoms with Crippen LogP contribution < -0.4 is 4.74 Å². The molecule has 0 unspecified atom stereocenters. The van der Waals surface area contributed by atoms with Crippen LogP contribution in [0.1, 0.15) is 47.1 Å². The number of alkyl halides is 2. The molecule has 1 aliphatic rings. The fourth-order valence-electron chi connectivity index (χ4n) is 2.58. The second-order valence-electron chi connectivity index (χ2n) is 6.27. The van der Waals surface area contributed by atoms with Crippen LogP contribution in [0, 0.1) is 16.8 Å². The SMILES string of the molecule is COc1cnc(C(F)F)cc1-c1cc(CC#N)ncc1[C-]=O.[Ni+2].[c-]1nnc(C2CC2)s1. The molecule has 0 radical (unpaired) electrons. The van der Waals surface area contributed by atoms with Gasteiger partial charge in [-0.1, -0.05) is 36.5 Å². The van der Waals surface area contributed by atoms with Crippen molar-refractivity contribution < 1.29 is 34.8 Å². The minimum absolute atomic E-state index is 0. The minimum Gasteiger partial charge on any atom is -0.496 e. The minimum atomic E-state index is -2.76. The third kappa shape index (κ3) is 6.33. The van der Waals surface area contributed by atoms with Gasteiger partial charge in [0, 0.05) is 5.69 Å². The first-order chi connectivity index (χ1) is 14.6. The molecular formula is C20H15F2N5NiO2S. The van der Waals surface area contributed by atoms with Gasteiger partial charge >= 0.3 is 16.5 Å². The van der Waals surface area contributed by atoms with Crippen LogP contribution in [-0.2, 0) is 27.7 Å². The maximum atomic E-state index is 12.8. The first kappa shape index (κ1) is 24.4. The molecule has 7 nitrogen and oxygen atoms in total. The Morgan fingerprint density at radius 1 is 1.32 bits per heavy atom. The number of nitriles is 1. The van der Waals surface area contributed by atoms with Crippen LogP contribution in [-0.4, -0.2) is 33.6 Å². The molecule has 0 bridgehead atoms. The van der Waals surface area contributed by atoms with Gasteiger partial charge in [0.05, 0.1) is 32.1 Å². The Balaban J connectivity index is 0.000000314. The molecule has 4 rings (SSSR count). The zero-order valence-corrected chi connectivity index (χ0v) is 17.9. The van der Waals surface area contributed by atoms with Crippen LogP contribution >= 0.6 is 11.3 Å². The number of halogens is 2. The van der Waals surface area contributed by atoms with Gasteiger partial charge in [-0.25, -0.2) is 8.78 Å². The van der Waals surface area contributed by atoms with Crippen LogP contribution in [0.15, 0.2) is 24.5 Å². The Kier molecular flexibility index (Phi) is 9.09. The van der Waals surface area contributed by atoms with Crippen molar-refractivity contribution in [2.75, 3.05) is 7.11 Å². The van der Waals surface area contributed by atoms with E-state index in [1.807, 2.05) is 6.07 Å². The number of ether oxygens (including phenoxy) is 1. The summed E-state index contributed by atoms with van der Waals surface area (Å²) < 4.78 is 30.8. The molecule has 0 N–H and O–H groups in total. The molecule has 1 saturated carbocycles. The molecule has 0 atom stereocenters. The molecular weight excluding hydrogens is 471 g/mol. The fourth-order valence-corrected chi connectivity index (χ4v) is 3.24. The van der Waals surface area contributed by atoms with Crippen molar-refractivity contribution in [1.29, 1.82) is 5.26 Å². The molecule has 3 heterocycles. The first-order valence-corrected chi connectivity index (χ1v) is 9.65. The summed E-state index contributed by atoms with van der Waals surface area (Å²) in [4.78, 5) is 18.6. The molecule has 3 aromatic rings. The van der Waals surface area contributed by atoms with Crippen LogP contribution in [0.5, 0.6) is 5.75 Å². The Morgan fingerprint density at radius 2 is 2.10 bits per heavy atom. The number of pyridine rings is 2. The fraction of sp³-hybridized carbons (Fsp3) is 0.300. The summed E-state index contributed by atoms with van der Waals surface area (Å²) in [6.07, 6.45) is 4.00. The standard InChI is InChI=1S/C15H10F2N3O2.C5H5N2S.Ni/c1-22-14-7-20-13(15(16)17)5-12(14)11-4-10(2-3-18)19-6-9(11)8-21;1-2-4(1)5-7-6-3-8-5;/h4-7,15H,2H2,1H3;4H,1-2H2;/q2*-1;+2. The van der Waals surface area contributed by atoms with Crippen LogP contribution in [0.2, 0.25) is 0 Å². The monoisotopic (exact) mass is 485 g/mol. The predicted molar refractivity (Wildman–Crippen MR) is 104 cm³/mol. The van der Waals surface area contributed by atoms with Crippen LogP contribution in [0.25, 0.3) is 11.1 Å². The molecule has 162 valence electrons. The second-order valence-corrected chi connectivity index (χ2v) is 7.08. The summed E-state index contributed by atoms with van der Waals surface area (Å²) in [5.74, 6) is 0.980. The van der Waals surface area contributed by atoms with E-state index in [0.29, 0.717) is 11.3 Å². The van der Waals surface area contributed by atoms with E-state index < -0.39 is 12.1 Å². The van der Waals surface area contributed by atoms with E-state index in [1.54, 1.807) is 17.6 Å². The van der Waals surface area contributed by atoms with Gasteiger partial charge in [-0.3, -0.25) is 15.2 Å². The zero-order valence-electron chi connectivity index (χ0n) is 16.1. The number of methoxy groups -OCH3 is 1. The number of aromatic nitrogens is 4. The average molecular weight is 486 g/mol. The number of rotatable bonds is 6. The Morgan fingerprint density at radius 3 is 2.65 bits per heavy atom. The van der Waals surface area contributed by atoms with Gasteiger partial charge in [0.25, 0.3) is 6.43 Å². The first-order valence-electron chi connectivity index (χ1n) is 8.83. The van der Waals surface area contributed by atoms with Gasteiger partial charge in [-0.05, 0) is 16.6 Å². The van der Waals surface area contributed by atoms with E-state index in [9.17, 15) is 13.6 Å². The number of hydrogen-bond donors (Lipinski definition) is 0. The average Bonchev–Trinajstić information content (AvgIpc) is 3.47. The molecule has 0 spiro atoms. The molecule has 0 aliphatic heterocycles. The maximum absolute atomic E-state index is 12.8. The largest absolute Gasteiger partial charge is 2.00 e. The van der Waals surface area contributed by atoms with Crippen molar-refractivity contribution in [2.45, 2.75) is 31.6 Å². The Labute approximate surface area is 191 Å². The second kappa shape index (κ2) is 11.5. The normalized spacial score (nSPS) is 12.2. The summed E-state index contributed by atoms with van der Waals surface area (Å²) in [5, 5.41) is 17.4. The Hall–Kier alpha value is -2.83. The molecule has 3 aromatic heterocycles. The Bertz CT molecular complexity index is 1060. The topological polar surface area (TPSA) is 102 Å². The van der Waals surface area contributed by atoms with E-state index in [-0.39, 0.29) is 39.8 Å². The van der Waals surface area contributed by atoms with Crippen molar-refractivity contribution >= 4 is 17.6 Å². The number of hydrogen-bond acceptors (Lipinski definition) is 8. The summed E-state index contributed by atoms with van der Waals surface area (Å²) >= 11 is 1.55. The van der Waals surface area contributed by atoms with Gasteiger partial charge in [-0.15, -0.1) is 11.1 Å². The predicted octanol–water partition coefficient (Wildman–Crippen LogP) is 3.83. The van der Waals surface area contributed by atoms with E-state index >= 15 is 0 Å². The van der Waals surface area contributed by atoms with Gasteiger partial charge in [0.1, 0.15) is 11.4 Å². The third-order valence-corrected chi connectivity index (χ3v) is 5.02. The molecule has 11 heteroatoms. The van der Waals surface area contributed by atoms with E-state index in [1.165, 1.54) is 37.2 Å². The molecule has 1 fully saturated rings. The van der Waals surface area contributed by atoms with Crippen molar-refractivity contribution in [3.63, 3.8) is 0 Å². The van der Waals surface area contributed by atoms with Crippen molar-refractivity contribution in [3.05, 3.63) is 52.0 Å². The van der Waals surface area contributed by atoms with Crippen molar-refractivity contribution in [3.8, 4) is 22.9 Å². The van der Waals surface area contributed by atoms with Gasteiger partial charge < -0.3 is 25.9 Å². The van der Waals surface area contributed by atoms with Crippen molar-refractivity contribution in [1.82, 2.24) is 20.2 Å². The molecule has 0 saturated heterocycles. The summed E-state index contributed by atoms with van der Waals surface area (Å²) in [7, 11) is 1.37. The molecule has 1 aliphatic carbocycles. The summed E-state index contributed by atoms with van der Waals surface area (Å²) in [6, 6.07) is 4.57. The van der Waals surface area contributed by atoms with Gasteiger partial charge in [-0.2, -0.15) is 5.26 Å². The van der Waals surface area contributed by atoms with Crippen LogP contribution in [0.3, 0.4) is 0 Å². The van der Waals surface area contributed by atoms with E-state index in [2.05, 4.69) is 25.7 Å². The van der Waals surface area contributed by atoms with E-state index in [0.717, 1.165) is 18.2 Å². The van der Waals surface area contributed by atoms with E-state index in [4.69, 9.17) is 10.00 Å². The molecule has 0 aromatic carbocycles. The zero-order chi connectivity index (χ0) is 21.5. The van der Waals surface area contributed by atoms with Crippen LogP contribution in [0.4, 0.5) is 8.78 Å².